The zero-order valence-electron chi connectivity index (χ0n) is 13.7. The van der Waals surface area contributed by atoms with E-state index in [1.165, 1.54) is 0 Å². The van der Waals surface area contributed by atoms with Crippen molar-refractivity contribution in [2.45, 2.75) is 39.3 Å². The number of aliphatic hydroxyl groups excluding tert-OH is 2. The molecule has 1 aromatic rings. The fraction of sp³-hybridized carbons (Fsp3) is 0.667. The molecule has 1 aromatic heterocycles. The Kier molecular flexibility index (Phi) is 7.70. The zero-order chi connectivity index (χ0) is 17.3. The van der Waals surface area contributed by atoms with Crippen LogP contribution in [0, 0.1) is 5.41 Å². The Balaban J connectivity index is 2.12. The van der Waals surface area contributed by atoms with Gasteiger partial charge in [0, 0.05) is 43.9 Å². The monoisotopic (exact) mass is 326 g/mol. The lowest BCUT2D eigenvalue weighted by atomic mass is 9.87. The Bertz CT molecular complexity index is 488. The smallest absolute Gasteiger partial charge is 0.249 e. The average Bonchev–Trinajstić information content (AvgIpc) is 3.04. The summed E-state index contributed by atoms with van der Waals surface area (Å²) in [5.74, 6) is -0.746. The van der Waals surface area contributed by atoms with Gasteiger partial charge in [0.05, 0.1) is 12.9 Å². The van der Waals surface area contributed by atoms with E-state index in [9.17, 15) is 14.7 Å². The maximum atomic E-state index is 11.7. The molecular formula is C15H26N4O4. The van der Waals surface area contributed by atoms with Crippen LogP contribution in [-0.2, 0) is 16.1 Å². The van der Waals surface area contributed by atoms with Gasteiger partial charge < -0.3 is 25.4 Å². The number of carbonyl (C=O) groups is 2. The summed E-state index contributed by atoms with van der Waals surface area (Å²) in [5, 5.41) is 24.2. The van der Waals surface area contributed by atoms with Gasteiger partial charge in [-0.2, -0.15) is 0 Å². The van der Waals surface area contributed by atoms with Crippen molar-refractivity contribution in [2.75, 3.05) is 19.7 Å². The van der Waals surface area contributed by atoms with E-state index in [0.717, 1.165) is 13.0 Å². The van der Waals surface area contributed by atoms with Gasteiger partial charge in [0.25, 0.3) is 0 Å². The minimum absolute atomic E-state index is 0.142. The van der Waals surface area contributed by atoms with Crippen molar-refractivity contribution >= 4 is 11.8 Å². The Morgan fingerprint density at radius 3 is 2.65 bits per heavy atom. The van der Waals surface area contributed by atoms with E-state index in [4.69, 9.17) is 5.11 Å². The molecule has 4 N–H and O–H groups in total. The van der Waals surface area contributed by atoms with Crippen molar-refractivity contribution in [3.05, 3.63) is 18.7 Å². The molecule has 0 saturated heterocycles. The summed E-state index contributed by atoms with van der Waals surface area (Å²) in [4.78, 5) is 27.3. The molecule has 0 bridgehead atoms. The molecule has 0 fully saturated rings. The molecular weight excluding hydrogens is 300 g/mol. The predicted molar refractivity (Wildman–Crippen MR) is 84.4 cm³/mol. The number of rotatable bonds is 10. The number of carbonyl (C=O) groups excluding carboxylic acids is 2. The van der Waals surface area contributed by atoms with Crippen molar-refractivity contribution in [3.63, 3.8) is 0 Å². The van der Waals surface area contributed by atoms with E-state index in [1.807, 2.05) is 10.8 Å². The van der Waals surface area contributed by atoms with Crippen LogP contribution in [0.5, 0.6) is 0 Å². The van der Waals surface area contributed by atoms with Crippen molar-refractivity contribution in [2.24, 2.45) is 5.41 Å². The standard InChI is InChI=1S/C15H26N4O4/c1-15(2,10-20)13(22)14(23)18-6-4-12(21)17-5-3-8-19-9-7-16-11-19/h7,9,11,13,20,22H,3-6,8,10H2,1-2H3,(H,17,21)(H,18,23)/t13-/m0/s1. The van der Waals surface area contributed by atoms with E-state index >= 15 is 0 Å². The first-order valence-corrected chi connectivity index (χ1v) is 7.66. The first-order chi connectivity index (χ1) is 10.9. The predicted octanol–water partition coefficient (Wildman–Crippen LogP) is -0.725. The van der Waals surface area contributed by atoms with Crippen LogP contribution in [0.2, 0.25) is 0 Å². The highest BCUT2D eigenvalue weighted by atomic mass is 16.3. The molecule has 8 nitrogen and oxygen atoms in total. The van der Waals surface area contributed by atoms with Crippen LogP contribution < -0.4 is 10.6 Å². The quantitative estimate of drug-likeness (QED) is 0.423. The lowest BCUT2D eigenvalue weighted by molar-refractivity contribution is -0.137. The molecule has 1 heterocycles. The third-order valence-electron chi connectivity index (χ3n) is 3.52. The van der Waals surface area contributed by atoms with Crippen LogP contribution in [0.25, 0.3) is 0 Å². The maximum absolute atomic E-state index is 11.7. The van der Waals surface area contributed by atoms with Crippen molar-refractivity contribution in [3.8, 4) is 0 Å². The maximum Gasteiger partial charge on any atom is 0.249 e. The van der Waals surface area contributed by atoms with Gasteiger partial charge in [-0.05, 0) is 6.42 Å². The third kappa shape index (κ3) is 6.79. The summed E-state index contributed by atoms with van der Waals surface area (Å²) >= 11 is 0. The summed E-state index contributed by atoms with van der Waals surface area (Å²) in [6.07, 6.45) is 4.90. The highest BCUT2D eigenvalue weighted by Crippen LogP contribution is 2.19. The number of hydrogen-bond donors (Lipinski definition) is 4. The number of imidazole rings is 1. The number of nitrogens with one attached hydrogen (secondary N) is 2. The van der Waals surface area contributed by atoms with Crippen LogP contribution in [0.3, 0.4) is 0 Å². The highest BCUT2D eigenvalue weighted by Gasteiger charge is 2.32. The van der Waals surface area contributed by atoms with Crippen LogP contribution >= 0.6 is 0 Å². The lowest BCUT2D eigenvalue weighted by Gasteiger charge is -2.27. The topological polar surface area (TPSA) is 116 Å². The molecule has 0 aromatic carbocycles. The van der Waals surface area contributed by atoms with E-state index in [0.29, 0.717) is 6.54 Å². The number of aliphatic hydroxyl groups is 2. The molecule has 23 heavy (non-hydrogen) atoms. The second kappa shape index (κ2) is 9.26. The van der Waals surface area contributed by atoms with Gasteiger partial charge in [-0.25, -0.2) is 4.98 Å². The normalized spacial score (nSPS) is 12.7. The molecule has 130 valence electrons. The van der Waals surface area contributed by atoms with E-state index < -0.39 is 17.4 Å². The number of aromatic nitrogens is 2. The SMILES string of the molecule is CC(C)(CO)[C@@H](O)C(=O)NCCC(=O)NCCCn1ccnc1. The Hall–Kier alpha value is -1.93. The van der Waals surface area contributed by atoms with E-state index in [-0.39, 0.29) is 25.5 Å². The molecule has 0 spiro atoms. The number of nitrogens with zero attached hydrogens (tertiary/aromatic N) is 2. The van der Waals surface area contributed by atoms with Crippen LogP contribution in [0.4, 0.5) is 0 Å². The molecule has 0 aliphatic carbocycles. The van der Waals surface area contributed by atoms with Gasteiger partial charge in [-0.3, -0.25) is 9.59 Å². The van der Waals surface area contributed by atoms with Gasteiger partial charge >= 0.3 is 0 Å². The fourth-order valence-electron chi connectivity index (χ4n) is 1.83. The fourth-order valence-corrected chi connectivity index (χ4v) is 1.83. The first kappa shape index (κ1) is 19.1. The summed E-state index contributed by atoms with van der Waals surface area (Å²) in [7, 11) is 0. The average molecular weight is 326 g/mol. The lowest BCUT2D eigenvalue weighted by Crippen LogP contribution is -2.46. The molecule has 2 amide bonds. The summed E-state index contributed by atoms with van der Waals surface area (Å²) in [5.41, 5.74) is -0.917. The first-order valence-electron chi connectivity index (χ1n) is 7.66. The summed E-state index contributed by atoms with van der Waals surface area (Å²) in [6.45, 7) is 4.34. The Labute approximate surface area is 135 Å². The molecule has 0 aliphatic heterocycles. The van der Waals surface area contributed by atoms with E-state index in [1.54, 1.807) is 26.4 Å². The minimum atomic E-state index is -1.31. The van der Waals surface area contributed by atoms with Crippen LogP contribution in [0.15, 0.2) is 18.7 Å². The van der Waals surface area contributed by atoms with Gasteiger partial charge in [0.15, 0.2) is 0 Å². The van der Waals surface area contributed by atoms with E-state index in [2.05, 4.69) is 15.6 Å². The number of aryl methyl sites for hydroxylation is 1. The Morgan fingerprint density at radius 2 is 2.04 bits per heavy atom. The van der Waals surface area contributed by atoms with Gasteiger partial charge in [0.2, 0.25) is 11.8 Å². The molecule has 1 rings (SSSR count). The molecule has 0 saturated carbocycles. The molecule has 0 radical (unpaired) electrons. The largest absolute Gasteiger partial charge is 0.396 e. The summed E-state index contributed by atoms with van der Waals surface area (Å²) in [6, 6.07) is 0. The van der Waals surface area contributed by atoms with Gasteiger partial charge in [-0.1, -0.05) is 13.8 Å². The second-order valence-electron chi connectivity index (χ2n) is 6.09. The second-order valence-corrected chi connectivity index (χ2v) is 6.09. The number of hydrogen-bond acceptors (Lipinski definition) is 5. The minimum Gasteiger partial charge on any atom is -0.396 e. The van der Waals surface area contributed by atoms with Crippen molar-refractivity contribution < 1.29 is 19.8 Å². The molecule has 1 atom stereocenters. The van der Waals surface area contributed by atoms with Crippen molar-refractivity contribution in [1.29, 1.82) is 0 Å². The van der Waals surface area contributed by atoms with Gasteiger partial charge in [-0.15, -0.1) is 0 Å². The highest BCUT2D eigenvalue weighted by molar-refractivity contribution is 5.82. The van der Waals surface area contributed by atoms with Crippen LogP contribution in [0.1, 0.15) is 26.7 Å². The van der Waals surface area contributed by atoms with Crippen molar-refractivity contribution in [1.82, 2.24) is 20.2 Å². The zero-order valence-corrected chi connectivity index (χ0v) is 13.7. The summed E-state index contributed by atoms with van der Waals surface area (Å²) < 4.78 is 1.93. The molecule has 8 heteroatoms. The molecule has 0 unspecified atom stereocenters. The molecule has 0 aliphatic rings. The number of amides is 2. The Morgan fingerprint density at radius 1 is 1.30 bits per heavy atom. The third-order valence-corrected chi connectivity index (χ3v) is 3.52. The van der Waals surface area contributed by atoms with Crippen LogP contribution in [-0.4, -0.2) is 57.4 Å². The van der Waals surface area contributed by atoms with Gasteiger partial charge in [0.1, 0.15) is 6.10 Å².